The summed E-state index contributed by atoms with van der Waals surface area (Å²) in [6.45, 7) is 2.16. The molecule has 2 spiro atoms. The number of anilines is 1. The molecule has 7 aliphatic rings. The van der Waals surface area contributed by atoms with E-state index in [9.17, 15) is 9.59 Å². The van der Waals surface area contributed by atoms with Crippen LogP contribution in [0.1, 0.15) is 57.5 Å². The Labute approximate surface area is 263 Å². The first-order chi connectivity index (χ1) is 21.9. The molecule has 1 amide bonds. The number of carbonyl (C=O) groups is 2. The Bertz CT molecular complexity index is 1750. The topological polar surface area (TPSA) is 77.1 Å². The van der Waals surface area contributed by atoms with E-state index in [-0.39, 0.29) is 28.6 Å². The standard InChI is InChI=1S/C38H38N2O5/c1-43-29-15-12-26-20-30-36-16-17-38(44-2,35-37(36,31(26)33(29)45-35)18-19-40(30)22-23-8-9-23)28(21-36)32(41)24-10-13-27(14-11-24)39-34(42)25-6-4-3-5-7-25/h3-7,10-17,23,28,30,35H,8-9,18-22H2,1-2H3,(H,39,42)/t28-,30-,35-,36-,37+,38-/m1/s1. The van der Waals surface area contributed by atoms with Crippen LogP contribution < -0.4 is 14.8 Å². The summed E-state index contributed by atoms with van der Waals surface area (Å²) in [7, 11) is 3.44. The van der Waals surface area contributed by atoms with Crippen LogP contribution in [0.3, 0.4) is 0 Å². The van der Waals surface area contributed by atoms with Gasteiger partial charge in [0, 0.05) is 47.5 Å². The maximum absolute atomic E-state index is 14.7. The van der Waals surface area contributed by atoms with Gasteiger partial charge in [-0.1, -0.05) is 36.4 Å². The maximum atomic E-state index is 14.7. The van der Waals surface area contributed by atoms with Crippen molar-refractivity contribution < 1.29 is 23.8 Å². The smallest absolute Gasteiger partial charge is 0.255 e. The number of ketones is 1. The summed E-state index contributed by atoms with van der Waals surface area (Å²) in [5, 5.41) is 2.95. The van der Waals surface area contributed by atoms with Crippen LogP contribution in [0.25, 0.3) is 0 Å². The Hall–Kier alpha value is -3.94. The number of hydrogen-bond acceptors (Lipinski definition) is 6. The molecule has 0 radical (unpaired) electrons. The summed E-state index contributed by atoms with van der Waals surface area (Å²) < 4.78 is 19.4. The summed E-state index contributed by atoms with van der Waals surface area (Å²) in [6, 6.07) is 21.0. The van der Waals surface area contributed by atoms with Gasteiger partial charge < -0.3 is 19.5 Å². The third-order valence-electron chi connectivity index (χ3n) is 12.1. The molecule has 2 heterocycles. The molecule has 2 saturated carbocycles. The Kier molecular flexibility index (Phi) is 5.80. The zero-order valence-corrected chi connectivity index (χ0v) is 25.8. The van der Waals surface area contributed by atoms with Gasteiger partial charge in [-0.25, -0.2) is 0 Å². The van der Waals surface area contributed by atoms with Crippen LogP contribution in [-0.4, -0.2) is 61.6 Å². The lowest BCUT2D eigenvalue weighted by molar-refractivity contribution is -0.206. The van der Waals surface area contributed by atoms with Crippen LogP contribution in [0.5, 0.6) is 11.5 Å². The lowest BCUT2D eigenvalue weighted by Crippen LogP contribution is -2.79. The van der Waals surface area contributed by atoms with Gasteiger partial charge in [-0.15, -0.1) is 0 Å². The van der Waals surface area contributed by atoms with Gasteiger partial charge in [0.2, 0.25) is 0 Å². The summed E-state index contributed by atoms with van der Waals surface area (Å²) in [5.74, 6) is 1.84. The first-order valence-electron chi connectivity index (χ1n) is 16.3. The minimum Gasteiger partial charge on any atom is -0.493 e. The molecule has 10 rings (SSSR count). The fourth-order valence-corrected chi connectivity index (χ4v) is 9.94. The molecular formula is C38H38N2O5. The van der Waals surface area contributed by atoms with E-state index in [0.29, 0.717) is 29.3 Å². The highest BCUT2D eigenvalue weighted by Gasteiger charge is 2.80. The fraction of sp³-hybridized carbons (Fsp3) is 0.421. The van der Waals surface area contributed by atoms with E-state index >= 15 is 0 Å². The predicted molar refractivity (Wildman–Crippen MR) is 170 cm³/mol. The largest absolute Gasteiger partial charge is 0.493 e. The minimum absolute atomic E-state index is 0.0560. The Morgan fingerprint density at radius 2 is 1.78 bits per heavy atom. The number of likely N-dealkylation sites (tertiary alicyclic amines) is 1. The zero-order valence-electron chi connectivity index (χ0n) is 25.8. The molecule has 3 aromatic rings. The van der Waals surface area contributed by atoms with Crippen LogP contribution in [-0.2, 0) is 16.6 Å². The molecule has 7 nitrogen and oxygen atoms in total. The van der Waals surface area contributed by atoms with Gasteiger partial charge in [0.15, 0.2) is 17.3 Å². The van der Waals surface area contributed by atoms with E-state index in [1.54, 1.807) is 26.4 Å². The van der Waals surface area contributed by atoms with Crippen LogP contribution in [0.4, 0.5) is 5.69 Å². The second kappa shape index (κ2) is 9.54. The van der Waals surface area contributed by atoms with Crippen molar-refractivity contribution in [3.05, 3.63) is 101 Å². The highest BCUT2D eigenvalue weighted by atomic mass is 16.6. The molecule has 1 saturated heterocycles. The van der Waals surface area contributed by atoms with E-state index in [2.05, 4.69) is 34.5 Å². The number of amides is 1. The monoisotopic (exact) mass is 602 g/mol. The quantitative estimate of drug-likeness (QED) is 0.258. The third kappa shape index (κ3) is 3.54. The van der Waals surface area contributed by atoms with Crippen molar-refractivity contribution in [3.8, 4) is 11.5 Å². The number of ether oxygens (including phenoxy) is 3. The molecule has 3 aromatic carbocycles. The van der Waals surface area contributed by atoms with Crippen LogP contribution in [0, 0.1) is 17.3 Å². The molecule has 2 aliphatic heterocycles. The first-order valence-corrected chi connectivity index (χ1v) is 16.3. The number of fused-ring (bicyclic) bond motifs is 1. The predicted octanol–water partition coefficient (Wildman–Crippen LogP) is 5.83. The molecule has 0 aromatic heterocycles. The number of hydrogen-bond donors (Lipinski definition) is 1. The summed E-state index contributed by atoms with van der Waals surface area (Å²) in [5.41, 5.74) is 3.06. The summed E-state index contributed by atoms with van der Waals surface area (Å²) in [4.78, 5) is 30.1. The van der Waals surface area contributed by atoms with Gasteiger partial charge in [0.1, 0.15) is 11.7 Å². The van der Waals surface area contributed by atoms with Crippen LogP contribution in [0.2, 0.25) is 0 Å². The molecule has 3 fully saturated rings. The van der Waals surface area contributed by atoms with Crippen molar-refractivity contribution in [1.29, 1.82) is 0 Å². The number of nitrogens with zero attached hydrogens (tertiary/aromatic N) is 1. The molecular weight excluding hydrogens is 564 g/mol. The van der Waals surface area contributed by atoms with E-state index < -0.39 is 11.5 Å². The third-order valence-corrected chi connectivity index (χ3v) is 12.1. The highest BCUT2D eigenvalue weighted by Crippen LogP contribution is 2.75. The summed E-state index contributed by atoms with van der Waals surface area (Å²) in [6.07, 6.45) is 9.55. The van der Waals surface area contributed by atoms with Crippen molar-refractivity contribution in [2.45, 2.75) is 55.3 Å². The van der Waals surface area contributed by atoms with Crippen molar-refractivity contribution in [3.63, 3.8) is 0 Å². The Morgan fingerprint density at radius 3 is 2.51 bits per heavy atom. The average molecular weight is 603 g/mol. The van der Waals surface area contributed by atoms with Gasteiger partial charge in [-0.2, -0.15) is 0 Å². The number of Topliss-reactive ketones (excluding diaryl/α,β-unsaturated/α-hetero) is 1. The Morgan fingerprint density at radius 1 is 0.978 bits per heavy atom. The van der Waals surface area contributed by atoms with Crippen molar-refractivity contribution in [1.82, 2.24) is 4.90 Å². The fourth-order valence-electron chi connectivity index (χ4n) is 9.94. The second-order valence-electron chi connectivity index (χ2n) is 14.0. The molecule has 7 heteroatoms. The van der Waals surface area contributed by atoms with Gasteiger partial charge >= 0.3 is 0 Å². The number of methoxy groups -OCH3 is 2. The number of piperidine rings is 1. The molecule has 45 heavy (non-hydrogen) atoms. The number of rotatable bonds is 8. The van der Waals surface area contributed by atoms with E-state index in [4.69, 9.17) is 14.2 Å². The number of benzene rings is 3. The highest BCUT2D eigenvalue weighted by molar-refractivity contribution is 6.05. The van der Waals surface area contributed by atoms with Gasteiger partial charge in [-0.05, 0) is 92.6 Å². The van der Waals surface area contributed by atoms with Crippen LogP contribution >= 0.6 is 0 Å². The zero-order chi connectivity index (χ0) is 30.6. The lowest BCUT2D eigenvalue weighted by atomic mass is 9.36. The maximum Gasteiger partial charge on any atom is 0.255 e. The van der Waals surface area contributed by atoms with Crippen molar-refractivity contribution in [2.24, 2.45) is 17.3 Å². The van der Waals surface area contributed by atoms with E-state index in [1.807, 2.05) is 42.5 Å². The van der Waals surface area contributed by atoms with Gasteiger partial charge in [-0.3, -0.25) is 14.5 Å². The van der Waals surface area contributed by atoms with Gasteiger partial charge in [0.25, 0.3) is 5.91 Å². The number of nitrogens with one attached hydrogen (secondary N) is 1. The Balaban J connectivity index is 1.11. The molecule has 5 aliphatic carbocycles. The second-order valence-corrected chi connectivity index (χ2v) is 14.0. The summed E-state index contributed by atoms with van der Waals surface area (Å²) >= 11 is 0. The lowest BCUT2D eigenvalue weighted by Gasteiger charge is -2.71. The molecule has 0 unspecified atom stereocenters. The first kappa shape index (κ1) is 27.4. The molecule has 1 N–H and O–H groups in total. The van der Waals surface area contributed by atoms with Crippen molar-refractivity contribution in [2.75, 3.05) is 32.6 Å². The minimum atomic E-state index is -0.916. The van der Waals surface area contributed by atoms with E-state index in [0.717, 1.165) is 43.3 Å². The van der Waals surface area contributed by atoms with Crippen molar-refractivity contribution >= 4 is 17.4 Å². The average Bonchev–Trinajstić information content (AvgIpc) is 3.83. The molecule has 230 valence electrons. The molecule has 4 bridgehead atoms. The molecule has 6 atom stereocenters. The van der Waals surface area contributed by atoms with Gasteiger partial charge in [0.05, 0.1) is 18.4 Å². The number of carbonyl (C=O) groups excluding carboxylic acids is 2. The SMILES string of the molecule is COc1ccc2c3c1O[C@H]1[C@@]4(OC)C=C[C@@]5(C[C@@H]4C(=O)c4ccc(NC(=O)c6ccccc6)cc4)[C@@H](C2)N(CC2CC2)CC[C@]315. The normalized spacial score (nSPS) is 33.3. The van der Waals surface area contributed by atoms with Crippen LogP contribution in [0.15, 0.2) is 78.9 Å². The van der Waals surface area contributed by atoms with E-state index in [1.165, 1.54) is 24.0 Å².